The van der Waals surface area contributed by atoms with Crippen LogP contribution in [0.2, 0.25) is 0 Å². The minimum Gasteiger partial charge on any atom is -0.308 e. The van der Waals surface area contributed by atoms with Crippen molar-refractivity contribution in [2.24, 2.45) is 0 Å². The van der Waals surface area contributed by atoms with E-state index >= 15 is 0 Å². The van der Waals surface area contributed by atoms with E-state index in [2.05, 4.69) is 10.4 Å². The highest BCUT2D eigenvalue weighted by Gasteiger charge is 2.51. The Morgan fingerprint density at radius 1 is 1.08 bits per heavy atom. The molecule has 1 amide bonds. The number of carbonyl (C=O) groups is 1. The van der Waals surface area contributed by atoms with Gasteiger partial charge in [-0.2, -0.15) is 5.10 Å². The first-order valence-corrected chi connectivity index (χ1v) is 7.86. The zero-order chi connectivity index (χ0) is 16.6. The Morgan fingerprint density at radius 3 is 2.58 bits per heavy atom. The summed E-state index contributed by atoms with van der Waals surface area (Å²) in [5.41, 5.74) is 1.20. The van der Waals surface area contributed by atoms with Gasteiger partial charge in [-0.05, 0) is 36.6 Å². The number of halogens is 1. The zero-order valence-corrected chi connectivity index (χ0v) is 12.9. The fourth-order valence-corrected chi connectivity index (χ4v) is 2.92. The van der Waals surface area contributed by atoms with Gasteiger partial charge in [0.25, 0.3) is 0 Å². The third-order valence-corrected chi connectivity index (χ3v) is 4.41. The Kier molecular flexibility index (Phi) is 3.41. The molecule has 24 heavy (non-hydrogen) atoms. The van der Waals surface area contributed by atoms with Gasteiger partial charge >= 0.3 is 0 Å². The van der Waals surface area contributed by atoms with Crippen LogP contribution in [0, 0.1) is 5.82 Å². The van der Waals surface area contributed by atoms with Crippen LogP contribution >= 0.6 is 0 Å². The number of anilines is 1. The summed E-state index contributed by atoms with van der Waals surface area (Å²) in [6.45, 7) is 0. The Balaban J connectivity index is 1.53. The van der Waals surface area contributed by atoms with Crippen LogP contribution in [0.1, 0.15) is 18.4 Å². The van der Waals surface area contributed by atoms with E-state index in [0.29, 0.717) is 11.5 Å². The van der Waals surface area contributed by atoms with Crippen molar-refractivity contribution in [3.8, 4) is 5.69 Å². The smallest absolute Gasteiger partial charge is 0.236 e. The van der Waals surface area contributed by atoms with Gasteiger partial charge in [-0.3, -0.25) is 4.79 Å². The molecule has 4 nitrogen and oxygen atoms in total. The molecule has 0 aliphatic heterocycles. The molecule has 1 aromatic heterocycles. The molecule has 2 aromatic carbocycles. The fraction of sp³-hybridized carbons (Fsp3) is 0.158. The number of aromatic nitrogens is 2. The van der Waals surface area contributed by atoms with E-state index in [9.17, 15) is 9.18 Å². The summed E-state index contributed by atoms with van der Waals surface area (Å²) in [6.07, 6.45) is 3.38. The van der Waals surface area contributed by atoms with Gasteiger partial charge in [0.05, 0.1) is 11.1 Å². The molecule has 0 saturated heterocycles. The molecule has 1 aliphatic carbocycles. The second-order valence-electron chi connectivity index (χ2n) is 6.03. The quantitative estimate of drug-likeness (QED) is 0.797. The molecule has 5 heteroatoms. The highest BCUT2D eigenvalue weighted by molar-refractivity contribution is 6.00. The Morgan fingerprint density at radius 2 is 1.88 bits per heavy atom. The number of rotatable bonds is 4. The molecule has 1 aliphatic rings. The third kappa shape index (κ3) is 2.58. The number of nitrogens with one attached hydrogen (secondary N) is 1. The molecule has 4 rings (SSSR count). The predicted molar refractivity (Wildman–Crippen MR) is 89.5 cm³/mol. The Bertz CT molecular complexity index is 884. The van der Waals surface area contributed by atoms with Crippen LogP contribution in [0.4, 0.5) is 10.2 Å². The number of benzene rings is 2. The maximum Gasteiger partial charge on any atom is 0.236 e. The topological polar surface area (TPSA) is 46.9 Å². The molecule has 1 N–H and O–H groups in total. The molecule has 0 atom stereocenters. The first kappa shape index (κ1) is 14.6. The average Bonchev–Trinajstić information content (AvgIpc) is 3.29. The van der Waals surface area contributed by atoms with E-state index < -0.39 is 5.41 Å². The summed E-state index contributed by atoms with van der Waals surface area (Å²) in [5.74, 6) is 0.0965. The first-order valence-electron chi connectivity index (χ1n) is 7.86. The predicted octanol–water partition coefficient (Wildman–Crippen LogP) is 3.68. The van der Waals surface area contributed by atoms with Crippen LogP contribution in [0.15, 0.2) is 66.9 Å². The molecule has 3 aromatic rings. The summed E-state index contributed by atoms with van der Waals surface area (Å²) in [6, 6.07) is 17.7. The summed E-state index contributed by atoms with van der Waals surface area (Å²) in [7, 11) is 0. The molecule has 1 heterocycles. The number of carbonyl (C=O) groups excluding carboxylic acids is 1. The Labute approximate surface area is 138 Å². The SMILES string of the molecule is O=C(Nc1ccn(-c2cccc(F)c2)n1)C1(c2ccccc2)CC1. The van der Waals surface area contributed by atoms with Gasteiger partial charge in [0.15, 0.2) is 5.82 Å². The summed E-state index contributed by atoms with van der Waals surface area (Å²) in [5, 5.41) is 7.20. The van der Waals surface area contributed by atoms with Crippen LogP contribution in [-0.4, -0.2) is 15.7 Å². The molecule has 0 spiro atoms. The number of amides is 1. The highest BCUT2D eigenvalue weighted by atomic mass is 19.1. The van der Waals surface area contributed by atoms with Crippen molar-refractivity contribution in [3.63, 3.8) is 0 Å². The van der Waals surface area contributed by atoms with Crippen molar-refractivity contribution < 1.29 is 9.18 Å². The van der Waals surface area contributed by atoms with Crippen LogP contribution in [0.5, 0.6) is 0 Å². The maximum absolute atomic E-state index is 13.3. The molecular weight excluding hydrogens is 305 g/mol. The molecule has 0 unspecified atom stereocenters. The van der Waals surface area contributed by atoms with Crippen molar-refractivity contribution in [2.75, 3.05) is 5.32 Å². The average molecular weight is 321 g/mol. The van der Waals surface area contributed by atoms with E-state index in [4.69, 9.17) is 0 Å². The van der Waals surface area contributed by atoms with Gasteiger partial charge in [0.2, 0.25) is 5.91 Å². The molecular formula is C19H16FN3O. The van der Waals surface area contributed by atoms with Gasteiger partial charge in [-0.1, -0.05) is 36.4 Å². The monoisotopic (exact) mass is 321 g/mol. The lowest BCUT2D eigenvalue weighted by molar-refractivity contribution is -0.118. The summed E-state index contributed by atoms with van der Waals surface area (Å²) < 4.78 is 14.9. The molecule has 0 bridgehead atoms. The van der Waals surface area contributed by atoms with Gasteiger partial charge in [0.1, 0.15) is 5.82 Å². The molecule has 1 saturated carbocycles. The van der Waals surface area contributed by atoms with Crippen LogP contribution in [-0.2, 0) is 10.2 Å². The van der Waals surface area contributed by atoms with E-state index in [1.807, 2.05) is 30.3 Å². The second-order valence-corrected chi connectivity index (χ2v) is 6.03. The summed E-state index contributed by atoms with van der Waals surface area (Å²) >= 11 is 0. The number of hydrogen-bond acceptors (Lipinski definition) is 2. The van der Waals surface area contributed by atoms with Crippen molar-refractivity contribution >= 4 is 11.7 Å². The Hall–Kier alpha value is -2.95. The first-order chi connectivity index (χ1) is 11.7. The van der Waals surface area contributed by atoms with Gasteiger partial charge in [-0.25, -0.2) is 9.07 Å². The molecule has 120 valence electrons. The van der Waals surface area contributed by atoms with Crippen molar-refractivity contribution in [3.05, 3.63) is 78.2 Å². The van der Waals surface area contributed by atoms with Crippen molar-refractivity contribution in [2.45, 2.75) is 18.3 Å². The van der Waals surface area contributed by atoms with E-state index in [1.165, 1.54) is 12.1 Å². The van der Waals surface area contributed by atoms with E-state index in [1.54, 1.807) is 29.1 Å². The lowest BCUT2D eigenvalue weighted by Crippen LogP contribution is -2.28. The maximum atomic E-state index is 13.3. The lowest BCUT2D eigenvalue weighted by Gasteiger charge is -2.14. The minimum atomic E-state index is -0.441. The van der Waals surface area contributed by atoms with Crippen LogP contribution in [0.25, 0.3) is 5.69 Å². The molecule has 0 radical (unpaired) electrons. The fourth-order valence-electron chi connectivity index (χ4n) is 2.92. The molecule has 1 fully saturated rings. The van der Waals surface area contributed by atoms with Crippen LogP contribution < -0.4 is 5.32 Å². The summed E-state index contributed by atoms with van der Waals surface area (Å²) in [4.78, 5) is 12.7. The normalized spacial score (nSPS) is 15.0. The van der Waals surface area contributed by atoms with Gasteiger partial charge in [-0.15, -0.1) is 0 Å². The van der Waals surface area contributed by atoms with Crippen LogP contribution in [0.3, 0.4) is 0 Å². The van der Waals surface area contributed by atoms with E-state index in [0.717, 1.165) is 18.4 Å². The lowest BCUT2D eigenvalue weighted by atomic mass is 9.95. The van der Waals surface area contributed by atoms with Gasteiger partial charge in [0, 0.05) is 12.3 Å². The number of nitrogens with zero attached hydrogens (tertiary/aromatic N) is 2. The largest absolute Gasteiger partial charge is 0.308 e. The minimum absolute atomic E-state index is 0.0433. The highest BCUT2D eigenvalue weighted by Crippen LogP contribution is 2.48. The number of hydrogen-bond donors (Lipinski definition) is 1. The standard InChI is InChI=1S/C19H16FN3O/c20-15-7-4-8-16(13-15)23-12-9-17(22-23)21-18(24)19(10-11-19)14-5-2-1-3-6-14/h1-9,12-13H,10-11H2,(H,21,22,24). The third-order valence-electron chi connectivity index (χ3n) is 4.41. The van der Waals surface area contributed by atoms with Crippen molar-refractivity contribution in [1.82, 2.24) is 9.78 Å². The zero-order valence-electron chi connectivity index (χ0n) is 12.9. The van der Waals surface area contributed by atoms with Crippen molar-refractivity contribution in [1.29, 1.82) is 0 Å². The second kappa shape index (κ2) is 5.60. The van der Waals surface area contributed by atoms with Gasteiger partial charge < -0.3 is 5.32 Å². The van der Waals surface area contributed by atoms with E-state index in [-0.39, 0.29) is 11.7 Å².